The zero-order chi connectivity index (χ0) is 23.7. The number of hydrogen-bond donors (Lipinski definition) is 1. The van der Waals surface area contributed by atoms with Crippen LogP contribution in [0, 0.1) is 19.3 Å². The van der Waals surface area contributed by atoms with E-state index >= 15 is 0 Å². The van der Waals surface area contributed by atoms with Crippen LogP contribution in [0.2, 0.25) is 5.02 Å². The van der Waals surface area contributed by atoms with Crippen molar-refractivity contribution < 1.29 is 23.8 Å². The van der Waals surface area contributed by atoms with E-state index in [1.165, 1.54) is 26.5 Å². The molecule has 0 radical (unpaired) electrons. The van der Waals surface area contributed by atoms with Gasteiger partial charge >= 0.3 is 11.9 Å². The lowest BCUT2D eigenvalue weighted by Crippen LogP contribution is -2.38. The van der Waals surface area contributed by atoms with Crippen molar-refractivity contribution in [2.45, 2.75) is 45.3 Å². The highest BCUT2D eigenvalue weighted by molar-refractivity contribution is 6.30. The van der Waals surface area contributed by atoms with Gasteiger partial charge in [-0.2, -0.15) is 0 Å². The van der Waals surface area contributed by atoms with Crippen molar-refractivity contribution in [3.63, 3.8) is 0 Å². The Hall–Kier alpha value is -3.68. The summed E-state index contributed by atoms with van der Waals surface area (Å²) >= 11 is 6.12. The maximum absolute atomic E-state index is 11.8. The molecule has 10 nitrogen and oxygen atoms in total. The van der Waals surface area contributed by atoms with Crippen molar-refractivity contribution in [2.24, 2.45) is 0 Å². The van der Waals surface area contributed by atoms with Gasteiger partial charge in [-0.25, -0.2) is 15.0 Å². The first-order chi connectivity index (χ1) is 15.8. The molecule has 0 saturated carbocycles. The average Bonchev–Trinajstić information content (AvgIpc) is 3.32. The quantitative estimate of drug-likeness (QED) is 0.444. The first-order valence-corrected chi connectivity index (χ1v) is 10.3. The van der Waals surface area contributed by atoms with Crippen LogP contribution in [0.3, 0.4) is 0 Å². The molecule has 1 aromatic carbocycles. The molecule has 4 atom stereocenters. The number of benzene rings is 1. The molecular formula is C22H20ClN5O5. The van der Waals surface area contributed by atoms with Crippen molar-refractivity contribution in [2.75, 3.05) is 5.32 Å². The molecule has 1 fully saturated rings. The van der Waals surface area contributed by atoms with E-state index < -0.39 is 36.5 Å². The summed E-state index contributed by atoms with van der Waals surface area (Å²) in [7, 11) is 0. The Morgan fingerprint density at radius 3 is 2.61 bits per heavy atom. The maximum Gasteiger partial charge on any atom is 0.303 e. The Labute approximate surface area is 194 Å². The van der Waals surface area contributed by atoms with Crippen LogP contribution in [-0.4, -0.2) is 49.8 Å². The summed E-state index contributed by atoms with van der Waals surface area (Å²) in [5, 5.41) is 3.79. The number of nitrogens with zero attached hydrogens (tertiary/aromatic N) is 4. The van der Waals surface area contributed by atoms with Gasteiger partial charge in [0.1, 0.15) is 6.33 Å². The van der Waals surface area contributed by atoms with Crippen LogP contribution in [-0.2, 0) is 23.8 Å². The van der Waals surface area contributed by atoms with Crippen LogP contribution in [0.15, 0.2) is 30.9 Å². The number of esters is 2. The number of aryl methyl sites for hydroxylation is 1. The summed E-state index contributed by atoms with van der Waals surface area (Å²) in [4.78, 5) is 36.4. The minimum Gasteiger partial charge on any atom is -0.455 e. The fraction of sp³-hybridized carbons (Fsp3) is 0.318. The predicted octanol–water partition coefficient (Wildman–Crippen LogP) is 2.93. The van der Waals surface area contributed by atoms with E-state index in [0.717, 1.165) is 11.3 Å². The molecule has 11 heteroatoms. The van der Waals surface area contributed by atoms with Gasteiger partial charge in [0.2, 0.25) is 0 Å². The predicted molar refractivity (Wildman–Crippen MR) is 119 cm³/mol. The second kappa shape index (κ2) is 9.05. The van der Waals surface area contributed by atoms with Crippen LogP contribution < -0.4 is 5.32 Å². The van der Waals surface area contributed by atoms with Crippen molar-refractivity contribution >= 4 is 46.2 Å². The SMILES string of the molecule is C#C[C@H]1O[C@@H](n2cnc3c(Nc4cc(Cl)ccc4C)ncnc32)[C@H](OC(C)=O)[C@H]1OC(C)=O. The fourth-order valence-corrected chi connectivity index (χ4v) is 3.79. The van der Waals surface area contributed by atoms with E-state index in [4.69, 9.17) is 32.2 Å². The second-order valence-corrected chi connectivity index (χ2v) is 7.83. The highest BCUT2D eigenvalue weighted by Crippen LogP contribution is 2.36. The molecule has 0 amide bonds. The van der Waals surface area contributed by atoms with Gasteiger partial charge in [-0.3, -0.25) is 14.2 Å². The van der Waals surface area contributed by atoms with E-state index in [1.54, 1.807) is 16.7 Å². The van der Waals surface area contributed by atoms with Crippen LogP contribution in [0.1, 0.15) is 25.6 Å². The summed E-state index contributed by atoms with van der Waals surface area (Å²) in [6, 6.07) is 5.45. The number of aromatic nitrogens is 4. The fourth-order valence-electron chi connectivity index (χ4n) is 3.62. The third-order valence-corrected chi connectivity index (χ3v) is 5.28. The van der Waals surface area contributed by atoms with Gasteiger partial charge in [-0.05, 0) is 24.6 Å². The lowest BCUT2D eigenvalue weighted by atomic mass is 10.1. The van der Waals surface area contributed by atoms with Gasteiger partial charge in [0.15, 0.2) is 41.5 Å². The van der Waals surface area contributed by atoms with Crippen molar-refractivity contribution in [1.29, 1.82) is 0 Å². The Kier molecular flexibility index (Phi) is 6.18. The minimum atomic E-state index is -1.01. The smallest absolute Gasteiger partial charge is 0.303 e. The van der Waals surface area contributed by atoms with E-state index in [0.29, 0.717) is 22.0 Å². The summed E-state index contributed by atoms with van der Waals surface area (Å²) in [5.41, 5.74) is 2.55. The first-order valence-electron chi connectivity index (χ1n) is 9.95. The number of carbonyl (C=O) groups is 2. The summed E-state index contributed by atoms with van der Waals surface area (Å²) < 4.78 is 18.2. The normalized spacial score (nSPS) is 22.0. The number of carbonyl (C=O) groups excluding carboxylic acids is 2. The topological polar surface area (TPSA) is 117 Å². The molecule has 3 heterocycles. The first kappa shape index (κ1) is 22.5. The Balaban J connectivity index is 1.74. The number of halogens is 1. The van der Waals surface area contributed by atoms with Gasteiger partial charge in [0.25, 0.3) is 0 Å². The molecule has 4 rings (SSSR count). The Morgan fingerprint density at radius 2 is 1.91 bits per heavy atom. The van der Waals surface area contributed by atoms with Crippen LogP contribution in [0.5, 0.6) is 0 Å². The lowest BCUT2D eigenvalue weighted by Gasteiger charge is -2.23. The molecule has 1 aliphatic heterocycles. The highest BCUT2D eigenvalue weighted by Gasteiger charge is 2.50. The Bertz CT molecular complexity index is 1270. The number of hydrogen-bond acceptors (Lipinski definition) is 9. The second-order valence-electron chi connectivity index (χ2n) is 7.39. The summed E-state index contributed by atoms with van der Waals surface area (Å²) in [6.07, 6.45) is 4.55. The van der Waals surface area contributed by atoms with E-state index in [-0.39, 0.29) is 0 Å². The highest BCUT2D eigenvalue weighted by atomic mass is 35.5. The number of anilines is 2. The molecule has 0 aliphatic carbocycles. The van der Waals surface area contributed by atoms with Gasteiger partial charge in [0.05, 0.1) is 6.33 Å². The zero-order valence-corrected chi connectivity index (χ0v) is 18.7. The molecule has 3 aromatic rings. The van der Waals surface area contributed by atoms with Crippen molar-refractivity contribution in [1.82, 2.24) is 19.5 Å². The molecule has 33 heavy (non-hydrogen) atoms. The molecule has 0 unspecified atom stereocenters. The minimum absolute atomic E-state index is 0.397. The zero-order valence-electron chi connectivity index (χ0n) is 18.0. The number of imidazole rings is 1. The molecule has 0 spiro atoms. The van der Waals surface area contributed by atoms with Gasteiger partial charge < -0.3 is 19.5 Å². The van der Waals surface area contributed by atoms with Crippen molar-refractivity contribution in [3.05, 3.63) is 41.4 Å². The monoisotopic (exact) mass is 469 g/mol. The van der Waals surface area contributed by atoms with E-state index in [1.807, 2.05) is 13.0 Å². The van der Waals surface area contributed by atoms with Crippen molar-refractivity contribution in [3.8, 4) is 12.3 Å². The molecule has 0 bridgehead atoms. The van der Waals surface area contributed by atoms with Crippen LogP contribution >= 0.6 is 11.6 Å². The third kappa shape index (κ3) is 4.46. The van der Waals surface area contributed by atoms with Crippen LogP contribution in [0.4, 0.5) is 11.5 Å². The van der Waals surface area contributed by atoms with Crippen LogP contribution in [0.25, 0.3) is 11.2 Å². The van der Waals surface area contributed by atoms with E-state index in [2.05, 4.69) is 26.2 Å². The molecule has 1 aliphatic rings. The Morgan fingerprint density at radius 1 is 1.18 bits per heavy atom. The maximum atomic E-state index is 11.8. The standard InChI is InChI=1S/C22H20ClN5O5/c1-5-16-18(31-12(3)29)19(32-13(4)30)22(33-16)28-10-26-17-20(24-9-25-21(17)28)27-15-8-14(23)7-6-11(15)2/h1,6-10,16,18-19,22H,2-4H3,(H,24,25,27)/t16-,18+,19-,22-/m1/s1. The number of fused-ring (bicyclic) bond motifs is 1. The number of nitrogens with one attached hydrogen (secondary N) is 1. The third-order valence-electron chi connectivity index (χ3n) is 5.04. The molecular weight excluding hydrogens is 450 g/mol. The molecule has 170 valence electrons. The summed E-state index contributed by atoms with van der Waals surface area (Å²) in [5.74, 6) is 1.71. The number of ether oxygens (including phenoxy) is 3. The lowest BCUT2D eigenvalue weighted by molar-refractivity contribution is -0.165. The molecule has 1 N–H and O–H groups in total. The molecule has 2 aromatic heterocycles. The summed E-state index contributed by atoms with van der Waals surface area (Å²) in [6.45, 7) is 4.41. The van der Waals surface area contributed by atoms with Gasteiger partial charge in [-0.1, -0.05) is 23.6 Å². The number of terminal acetylenes is 1. The van der Waals surface area contributed by atoms with E-state index in [9.17, 15) is 9.59 Å². The van der Waals surface area contributed by atoms with Gasteiger partial charge in [-0.15, -0.1) is 6.42 Å². The average molecular weight is 470 g/mol. The largest absolute Gasteiger partial charge is 0.455 e. The number of rotatable bonds is 5. The van der Waals surface area contributed by atoms with Gasteiger partial charge in [0, 0.05) is 24.6 Å². The molecule has 1 saturated heterocycles.